The lowest BCUT2D eigenvalue weighted by atomic mass is 10.2. The van der Waals surface area contributed by atoms with Crippen molar-refractivity contribution in [3.63, 3.8) is 0 Å². The van der Waals surface area contributed by atoms with Gasteiger partial charge in [0.1, 0.15) is 0 Å². The Morgan fingerprint density at radius 2 is 2.33 bits per heavy atom. The Hall–Kier alpha value is -3.21. The van der Waals surface area contributed by atoms with Crippen molar-refractivity contribution < 1.29 is 9.72 Å². The predicted molar refractivity (Wildman–Crippen MR) is 73.9 cm³/mol. The maximum atomic E-state index is 11.8. The Morgan fingerprint density at radius 1 is 1.57 bits per heavy atom. The molecule has 0 saturated heterocycles. The van der Waals surface area contributed by atoms with Gasteiger partial charge in [0.15, 0.2) is 5.69 Å². The molecule has 0 aliphatic heterocycles. The van der Waals surface area contributed by atoms with Crippen molar-refractivity contribution in [1.29, 1.82) is 0 Å². The molecular weight excluding hydrogens is 274 g/mol. The molecule has 8 heteroatoms. The molecule has 1 N–H and O–H groups in total. The van der Waals surface area contributed by atoms with Crippen LogP contribution in [0.3, 0.4) is 0 Å². The van der Waals surface area contributed by atoms with Crippen LogP contribution >= 0.6 is 0 Å². The second-order valence-corrected chi connectivity index (χ2v) is 4.10. The molecule has 1 aromatic heterocycles. The van der Waals surface area contributed by atoms with E-state index >= 15 is 0 Å². The number of carbonyl (C=O) groups is 1. The van der Waals surface area contributed by atoms with E-state index in [1.165, 1.54) is 22.9 Å². The van der Waals surface area contributed by atoms with Crippen LogP contribution in [0, 0.1) is 29.4 Å². The summed E-state index contributed by atoms with van der Waals surface area (Å²) in [6, 6.07) is 5.89. The number of hydrogen-bond acceptors (Lipinski definition) is 5. The van der Waals surface area contributed by atoms with Crippen molar-refractivity contribution in [2.75, 3.05) is 6.54 Å². The van der Waals surface area contributed by atoms with Crippen LogP contribution in [0.25, 0.3) is 5.69 Å². The number of non-ortho nitro benzene ring substituents is 1. The standard InChI is InChI=1S/C13H11N5O3/c1-3-7-14-13(19)12-9(2)17(16-15-12)10-5-4-6-11(8-10)18(20)21/h1,4-6,8H,7H2,2H3,(H,14,19). The first-order valence-electron chi connectivity index (χ1n) is 5.93. The van der Waals surface area contributed by atoms with E-state index in [0.717, 1.165) is 0 Å². The number of rotatable bonds is 4. The van der Waals surface area contributed by atoms with Crippen molar-refractivity contribution in [1.82, 2.24) is 20.3 Å². The zero-order chi connectivity index (χ0) is 15.4. The van der Waals surface area contributed by atoms with Gasteiger partial charge in [0.2, 0.25) is 0 Å². The van der Waals surface area contributed by atoms with Gasteiger partial charge in [0, 0.05) is 12.1 Å². The summed E-state index contributed by atoms with van der Waals surface area (Å²) in [5, 5.41) is 20.9. The van der Waals surface area contributed by atoms with E-state index in [-0.39, 0.29) is 17.9 Å². The Kier molecular flexibility index (Phi) is 3.95. The fourth-order valence-corrected chi connectivity index (χ4v) is 1.74. The minimum Gasteiger partial charge on any atom is -0.340 e. The third-order valence-corrected chi connectivity index (χ3v) is 2.75. The summed E-state index contributed by atoms with van der Waals surface area (Å²) < 4.78 is 1.36. The Morgan fingerprint density at radius 3 is 3.00 bits per heavy atom. The zero-order valence-electron chi connectivity index (χ0n) is 11.1. The smallest absolute Gasteiger partial charge is 0.274 e. The van der Waals surface area contributed by atoms with Crippen LogP contribution in [0.15, 0.2) is 24.3 Å². The van der Waals surface area contributed by atoms with Crippen LogP contribution in [-0.2, 0) is 0 Å². The number of nitrogens with zero attached hydrogens (tertiary/aromatic N) is 4. The van der Waals surface area contributed by atoms with Crippen LogP contribution in [0.4, 0.5) is 5.69 Å². The van der Waals surface area contributed by atoms with Gasteiger partial charge in [0.05, 0.1) is 22.8 Å². The van der Waals surface area contributed by atoms with E-state index in [1.807, 2.05) is 0 Å². The second kappa shape index (κ2) is 5.83. The summed E-state index contributed by atoms with van der Waals surface area (Å²) in [7, 11) is 0. The van der Waals surface area contributed by atoms with Crippen LogP contribution in [0.2, 0.25) is 0 Å². The van der Waals surface area contributed by atoms with Crippen molar-refractivity contribution in [2.45, 2.75) is 6.92 Å². The minimum absolute atomic E-state index is 0.0688. The van der Waals surface area contributed by atoms with E-state index in [9.17, 15) is 14.9 Å². The molecule has 0 unspecified atom stereocenters. The SMILES string of the molecule is C#CCNC(=O)c1nnn(-c2cccc([N+](=O)[O-])c2)c1C. The van der Waals surface area contributed by atoms with Crippen LogP contribution < -0.4 is 5.32 Å². The van der Waals surface area contributed by atoms with E-state index in [0.29, 0.717) is 11.4 Å². The van der Waals surface area contributed by atoms with Crippen molar-refractivity contribution >= 4 is 11.6 Å². The molecular formula is C13H11N5O3. The summed E-state index contributed by atoms with van der Waals surface area (Å²) in [5.74, 6) is 1.84. The van der Waals surface area contributed by atoms with Gasteiger partial charge in [-0.1, -0.05) is 17.2 Å². The molecule has 8 nitrogen and oxygen atoms in total. The number of nitro benzene ring substituents is 1. The first kappa shape index (κ1) is 14.2. The molecule has 0 bridgehead atoms. The molecule has 1 amide bonds. The minimum atomic E-state index is -0.504. The third kappa shape index (κ3) is 2.87. The maximum absolute atomic E-state index is 11.8. The summed E-state index contributed by atoms with van der Waals surface area (Å²) in [6.07, 6.45) is 5.06. The number of hydrogen-bond donors (Lipinski definition) is 1. The number of carbonyl (C=O) groups excluding carboxylic acids is 1. The third-order valence-electron chi connectivity index (χ3n) is 2.75. The normalized spacial score (nSPS) is 9.90. The average molecular weight is 285 g/mol. The number of nitro groups is 1. The molecule has 2 rings (SSSR count). The van der Waals surface area contributed by atoms with Gasteiger partial charge in [0.25, 0.3) is 11.6 Å². The van der Waals surface area contributed by atoms with Gasteiger partial charge in [-0.05, 0) is 13.0 Å². The lowest BCUT2D eigenvalue weighted by Crippen LogP contribution is -2.24. The average Bonchev–Trinajstić information content (AvgIpc) is 2.86. The molecule has 0 aliphatic carbocycles. The number of nitrogens with one attached hydrogen (secondary N) is 1. The van der Waals surface area contributed by atoms with Crippen molar-refractivity contribution in [2.24, 2.45) is 0 Å². The van der Waals surface area contributed by atoms with Gasteiger partial charge in [-0.25, -0.2) is 4.68 Å². The molecule has 2 aromatic rings. The highest BCUT2D eigenvalue weighted by atomic mass is 16.6. The highest BCUT2D eigenvalue weighted by molar-refractivity contribution is 5.93. The zero-order valence-corrected chi connectivity index (χ0v) is 11.1. The fraction of sp³-hybridized carbons (Fsp3) is 0.154. The lowest BCUT2D eigenvalue weighted by molar-refractivity contribution is -0.384. The highest BCUT2D eigenvalue weighted by Gasteiger charge is 2.17. The second-order valence-electron chi connectivity index (χ2n) is 4.10. The van der Waals surface area contributed by atoms with E-state index < -0.39 is 10.8 Å². The molecule has 0 aliphatic rings. The first-order chi connectivity index (χ1) is 10.0. The molecule has 0 saturated carbocycles. The monoisotopic (exact) mass is 285 g/mol. The number of terminal acetylenes is 1. The number of benzene rings is 1. The van der Waals surface area contributed by atoms with Crippen LogP contribution in [0.5, 0.6) is 0 Å². The summed E-state index contributed by atoms with van der Waals surface area (Å²) in [6.45, 7) is 1.73. The quantitative estimate of drug-likeness (QED) is 0.509. The fourth-order valence-electron chi connectivity index (χ4n) is 1.74. The predicted octanol–water partition coefficient (Wildman–Crippen LogP) is 0.847. The number of amides is 1. The molecule has 0 spiro atoms. The van der Waals surface area contributed by atoms with Gasteiger partial charge >= 0.3 is 0 Å². The van der Waals surface area contributed by atoms with Gasteiger partial charge in [-0.15, -0.1) is 11.5 Å². The molecule has 0 fully saturated rings. The lowest BCUT2D eigenvalue weighted by Gasteiger charge is -2.03. The molecule has 106 valence electrons. The van der Waals surface area contributed by atoms with Gasteiger partial charge in [-0.3, -0.25) is 14.9 Å². The molecule has 1 aromatic carbocycles. The first-order valence-corrected chi connectivity index (χ1v) is 5.93. The topological polar surface area (TPSA) is 103 Å². The van der Waals surface area contributed by atoms with Crippen molar-refractivity contribution in [3.05, 3.63) is 45.8 Å². The molecule has 21 heavy (non-hydrogen) atoms. The summed E-state index contributed by atoms with van der Waals surface area (Å²) in [5.41, 5.74) is 0.965. The van der Waals surface area contributed by atoms with Gasteiger partial charge < -0.3 is 5.32 Å². The maximum Gasteiger partial charge on any atom is 0.274 e. The summed E-state index contributed by atoms with van der Waals surface area (Å²) >= 11 is 0. The van der Waals surface area contributed by atoms with Gasteiger partial charge in [-0.2, -0.15) is 0 Å². The molecule has 0 atom stereocenters. The van der Waals surface area contributed by atoms with E-state index in [4.69, 9.17) is 6.42 Å². The largest absolute Gasteiger partial charge is 0.340 e. The Balaban J connectivity index is 2.36. The molecule has 1 heterocycles. The Labute approximate surface area is 119 Å². The Bertz CT molecular complexity index is 745. The van der Waals surface area contributed by atoms with Crippen LogP contribution in [-0.4, -0.2) is 32.4 Å². The van der Waals surface area contributed by atoms with E-state index in [1.54, 1.807) is 13.0 Å². The summed E-state index contributed by atoms with van der Waals surface area (Å²) in [4.78, 5) is 22.1. The van der Waals surface area contributed by atoms with Crippen LogP contribution in [0.1, 0.15) is 16.2 Å². The van der Waals surface area contributed by atoms with Crippen molar-refractivity contribution in [3.8, 4) is 18.0 Å². The molecule has 0 radical (unpaired) electrons. The number of aromatic nitrogens is 3. The van der Waals surface area contributed by atoms with E-state index in [2.05, 4.69) is 21.5 Å². The highest BCUT2D eigenvalue weighted by Crippen LogP contribution is 2.18.